The largest absolute Gasteiger partial charge is 0.368 e. The van der Waals surface area contributed by atoms with Gasteiger partial charge < -0.3 is 11.1 Å². The molecule has 2 unspecified atom stereocenters. The van der Waals surface area contributed by atoms with Crippen LogP contribution in [0.3, 0.4) is 0 Å². The highest BCUT2D eigenvalue weighted by atomic mass is 16.1. The Morgan fingerprint density at radius 2 is 2.33 bits per heavy atom. The van der Waals surface area contributed by atoms with Crippen molar-refractivity contribution >= 4 is 5.91 Å². The van der Waals surface area contributed by atoms with Crippen molar-refractivity contribution in [2.45, 2.75) is 38.8 Å². The second-order valence-electron chi connectivity index (χ2n) is 2.96. The summed E-state index contributed by atoms with van der Waals surface area (Å²) in [6.45, 7) is 7.56. The van der Waals surface area contributed by atoms with Crippen LogP contribution in [0.2, 0.25) is 0 Å². The topological polar surface area (TPSA) is 55.1 Å². The molecule has 0 saturated heterocycles. The molecule has 0 bridgehead atoms. The lowest BCUT2D eigenvalue weighted by Gasteiger charge is -2.18. The van der Waals surface area contributed by atoms with Crippen LogP contribution < -0.4 is 11.1 Å². The SMILES string of the molecule is C=CCC(C)NC(CC)C(N)=O. The standard InChI is InChI=1S/C9H18N2O/c1-4-6-7(3)11-8(5-2)9(10)12/h4,7-8,11H,1,5-6H2,2-3H3,(H2,10,12). The number of hydrogen-bond donors (Lipinski definition) is 2. The number of rotatable bonds is 6. The number of carbonyl (C=O) groups is 1. The lowest BCUT2D eigenvalue weighted by Crippen LogP contribution is -2.44. The average Bonchev–Trinajstić information content (AvgIpc) is 2.00. The van der Waals surface area contributed by atoms with Gasteiger partial charge in [0.05, 0.1) is 6.04 Å². The monoisotopic (exact) mass is 170 g/mol. The maximum Gasteiger partial charge on any atom is 0.234 e. The number of carbonyl (C=O) groups excluding carboxylic acids is 1. The first-order chi connectivity index (χ1) is 5.61. The van der Waals surface area contributed by atoms with E-state index in [9.17, 15) is 4.79 Å². The molecule has 12 heavy (non-hydrogen) atoms. The zero-order valence-electron chi connectivity index (χ0n) is 7.84. The van der Waals surface area contributed by atoms with Gasteiger partial charge >= 0.3 is 0 Å². The van der Waals surface area contributed by atoms with Gasteiger partial charge in [0.25, 0.3) is 0 Å². The molecule has 0 aromatic rings. The summed E-state index contributed by atoms with van der Waals surface area (Å²) in [5.41, 5.74) is 5.16. The van der Waals surface area contributed by atoms with Gasteiger partial charge in [0.15, 0.2) is 0 Å². The van der Waals surface area contributed by atoms with Gasteiger partial charge in [-0.3, -0.25) is 4.79 Å². The Balaban J connectivity index is 3.84. The van der Waals surface area contributed by atoms with E-state index in [-0.39, 0.29) is 18.0 Å². The van der Waals surface area contributed by atoms with Gasteiger partial charge in [-0.25, -0.2) is 0 Å². The maximum atomic E-state index is 10.8. The Bertz CT molecular complexity index is 157. The van der Waals surface area contributed by atoms with E-state index in [0.29, 0.717) is 0 Å². The van der Waals surface area contributed by atoms with E-state index >= 15 is 0 Å². The summed E-state index contributed by atoms with van der Waals surface area (Å²) >= 11 is 0. The minimum atomic E-state index is -0.284. The van der Waals surface area contributed by atoms with E-state index in [4.69, 9.17) is 5.73 Å². The molecule has 3 heteroatoms. The fourth-order valence-electron chi connectivity index (χ4n) is 1.06. The Hall–Kier alpha value is -0.830. The molecule has 2 atom stereocenters. The van der Waals surface area contributed by atoms with Crippen molar-refractivity contribution in [2.75, 3.05) is 0 Å². The highest BCUT2D eigenvalue weighted by Gasteiger charge is 2.13. The summed E-state index contributed by atoms with van der Waals surface area (Å²) in [7, 11) is 0. The van der Waals surface area contributed by atoms with E-state index in [1.165, 1.54) is 0 Å². The second kappa shape index (κ2) is 5.77. The van der Waals surface area contributed by atoms with E-state index in [2.05, 4.69) is 11.9 Å². The lowest BCUT2D eigenvalue weighted by molar-refractivity contribution is -0.120. The van der Waals surface area contributed by atoms with E-state index in [1.807, 2.05) is 19.9 Å². The van der Waals surface area contributed by atoms with Crippen LogP contribution in [0, 0.1) is 0 Å². The van der Waals surface area contributed by atoms with Crippen LogP contribution in [0.1, 0.15) is 26.7 Å². The number of primary amides is 1. The highest BCUT2D eigenvalue weighted by molar-refractivity contribution is 5.79. The molecule has 0 aliphatic rings. The van der Waals surface area contributed by atoms with Crippen molar-refractivity contribution in [1.29, 1.82) is 0 Å². The summed E-state index contributed by atoms with van der Waals surface area (Å²) in [6.07, 6.45) is 3.41. The zero-order valence-corrected chi connectivity index (χ0v) is 7.84. The van der Waals surface area contributed by atoms with Crippen molar-refractivity contribution in [3.8, 4) is 0 Å². The van der Waals surface area contributed by atoms with Crippen LogP contribution in [0.5, 0.6) is 0 Å². The fourth-order valence-corrected chi connectivity index (χ4v) is 1.06. The van der Waals surface area contributed by atoms with Crippen LogP contribution >= 0.6 is 0 Å². The van der Waals surface area contributed by atoms with Crippen LogP contribution in [0.25, 0.3) is 0 Å². The zero-order chi connectivity index (χ0) is 9.56. The van der Waals surface area contributed by atoms with Crippen LogP contribution in [-0.4, -0.2) is 18.0 Å². The summed E-state index contributed by atoms with van der Waals surface area (Å²) in [6, 6.07) is 0.0555. The van der Waals surface area contributed by atoms with Gasteiger partial charge in [-0.1, -0.05) is 13.0 Å². The first-order valence-electron chi connectivity index (χ1n) is 4.28. The molecule has 3 nitrogen and oxygen atoms in total. The number of hydrogen-bond acceptors (Lipinski definition) is 2. The average molecular weight is 170 g/mol. The Morgan fingerprint density at radius 3 is 2.67 bits per heavy atom. The third-order valence-electron chi connectivity index (χ3n) is 1.76. The van der Waals surface area contributed by atoms with Gasteiger partial charge in [-0.2, -0.15) is 0 Å². The van der Waals surface area contributed by atoms with Crippen LogP contribution in [0.4, 0.5) is 0 Å². The van der Waals surface area contributed by atoms with E-state index < -0.39 is 0 Å². The molecular weight excluding hydrogens is 152 g/mol. The molecule has 0 rings (SSSR count). The Labute approximate surface area is 74.0 Å². The molecule has 0 spiro atoms. The third-order valence-corrected chi connectivity index (χ3v) is 1.76. The quantitative estimate of drug-likeness (QED) is 0.579. The lowest BCUT2D eigenvalue weighted by atomic mass is 10.1. The van der Waals surface area contributed by atoms with Gasteiger partial charge in [0.1, 0.15) is 0 Å². The molecule has 0 aromatic carbocycles. The second-order valence-corrected chi connectivity index (χ2v) is 2.96. The molecule has 3 N–H and O–H groups in total. The maximum absolute atomic E-state index is 10.8. The predicted octanol–water partition coefficient (Wildman–Crippen LogP) is 0.804. The fraction of sp³-hybridized carbons (Fsp3) is 0.667. The molecule has 70 valence electrons. The number of nitrogens with two attached hydrogens (primary N) is 1. The molecule has 0 saturated carbocycles. The van der Waals surface area contributed by atoms with Crippen LogP contribution in [0.15, 0.2) is 12.7 Å². The van der Waals surface area contributed by atoms with Crippen molar-refractivity contribution in [3.63, 3.8) is 0 Å². The third kappa shape index (κ3) is 4.13. The molecule has 0 fully saturated rings. The first-order valence-corrected chi connectivity index (χ1v) is 4.28. The molecular formula is C9H18N2O. The summed E-state index contributed by atoms with van der Waals surface area (Å²) in [5, 5.41) is 3.12. The van der Waals surface area contributed by atoms with E-state index in [0.717, 1.165) is 12.8 Å². The minimum Gasteiger partial charge on any atom is -0.368 e. The molecule has 0 heterocycles. The van der Waals surface area contributed by atoms with Gasteiger partial charge in [-0.05, 0) is 19.8 Å². The minimum absolute atomic E-state index is 0.208. The van der Waals surface area contributed by atoms with Crippen molar-refractivity contribution in [3.05, 3.63) is 12.7 Å². The Morgan fingerprint density at radius 1 is 1.75 bits per heavy atom. The van der Waals surface area contributed by atoms with E-state index in [1.54, 1.807) is 0 Å². The number of amides is 1. The summed E-state index contributed by atoms with van der Waals surface area (Å²) in [4.78, 5) is 10.8. The van der Waals surface area contributed by atoms with Crippen molar-refractivity contribution in [2.24, 2.45) is 5.73 Å². The van der Waals surface area contributed by atoms with Crippen molar-refractivity contribution < 1.29 is 4.79 Å². The first kappa shape index (κ1) is 11.2. The van der Waals surface area contributed by atoms with Crippen molar-refractivity contribution in [1.82, 2.24) is 5.32 Å². The summed E-state index contributed by atoms with van der Waals surface area (Å²) in [5.74, 6) is -0.284. The van der Waals surface area contributed by atoms with Gasteiger partial charge in [-0.15, -0.1) is 6.58 Å². The van der Waals surface area contributed by atoms with Gasteiger partial charge in [0, 0.05) is 6.04 Å². The number of nitrogens with one attached hydrogen (secondary N) is 1. The molecule has 0 aromatic heterocycles. The smallest absolute Gasteiger partial charge is 0.234 e. The van der Waals surface area contributed by atoms with Gasteiger partial charge in [0.2, 0.25) is 5.91 Å². The Kier molecular flexibility index (Phi) is 5.37. The van der Waals surface area contributed by atoms with Crippen LogP contribution in [-0.2, 0) is 4.79 Å². The molecule has 0 aliphatic heterocycles. The summed E-state index contributed by atoms with van der Waals surface area (Å²) < 4.78 is 0. The molecule has 0 radical (unpaired) electrons. The molecule has 1 amide bonds. The predicted molar refractivity (Wildman–Crippen MR) is 50.7 cm³/mol. The highest BCUT2D eigenvalue weighted by Crippen LogP contribution is 1.96. The normalized spacial score (nSPS) is 15.2. The molecule has 0 aliphatic carbocycles.